The van der Waals surface area contributed by atoms with E-state index in [0.717, 1.165) is 27.0 Å². The van der Waals surface area contributed by atoms with Gasteiger partial charge in [0.2, 0.25) is 5.13 Å². The molecule has 2 aromatic carbocycles. The maximum absolute atomic E-state index is 9.37. The zero-order valence-corrected chi connectivity index (χ0v) is 12.0. The molecule has 0 fully saturated rings. The number of aromatic nitrogens is 1. The molecule has 2 radical (unpaired) electrons. The monoisotopic (exact) mass is 280 g/mol. The van der Waals surface area contributed by atoms with Crippen LogP contribution in [0.2, 0.25) is 0 Å². The minimum atomic E-state index is 0.233. The van der Waals surface area contributed by atoms with Gasteiger partial charge in [-0.05, 0) is 49.2 Å². The number of hydrogen-bond acceptors (Lipinski definition) is 4. The number of fused-ring (bicyclic) bond motifs is 1. The van der Waals surface area contributed by atoms with Gasteiger partial charge in [0.05, 0.1) is 21.6 Å². The number of rotatable bonds is 2. The van der Waals surface area contributed by atoms with Crippen LogP contribution in [0.3, 0.4) is 0 Å². The summed E-state index contributed by atoms with van der Waals surface area (Å²) < 4.78 is 1.11. The molecule has 0 N–H and O–H groups in total. The summed E-state index contributed by atoms with van der Waals surface area (Å²) in [4.78, 5) is 4.48. The van der Waals surface area contributed by atoms with Gasteiger partial charge in [-0.25, -0.2) is 4.98 Å². The van der Waals surface area contributed by atoms with Gasteiger partial charge in [-0.15, -0.1) is 10.2 Å². The smallest absolute Gasteiger partial charge is 0.217 e. The lowest BCUT2D eigenvalue weighted by molar-refractivity contribution is 1.19. The third-order valence-corrected chi connectivity index (χ3v) is 3.94. The number of azo groups is 1. The van der Waals surface area contributed by atoms with Gasteiger partial charge in [0, 0.05) is 0 Å². The molecule has 3 aromatic rings. The van der Waals surface area contributed by atoms with E-state index in [0.29, 0.717) is 5.13 Å². The molecule has 0 saturated heterocycles. The van der Waals surface area contributed by atoms with Crippen LogP contribution in [0.5, 0.6) is 0 Å². The van der Waals surface area contributed by atoms with Crippen molar-refractivity contribution in [1.82, 2.24) is 10.7 Å². The predicted octanol–water partition coefficient (Wildman–Crippen LogP) is 5.03. The van der Waals surface area contributed by atoms with E-state index >= 15 is 0 Å². The Balaban J connectivity index is 1.96. The van der Waals surface area contributed by atoms with E-state index in [9.17, 15) is 5.73 Å². The molecule has 0 amide bonds. The third kappa shape index (κ3) is 2.40. The number of thiazole rings is 1. The molecule has 1 aromatic heterocycles. The van der Waals surface area contributed by atoms with Crippen LogP contribution >= 0.6 is 11.3 Å². The van der Waals surface area contributed by atoms with E-state index in [-0.39, 0.29) is 5.69 Å². The molecule has 0 spiro atoms. The van der Waals surface area contributed by atoms with Crippen LogP contribution in [-0.2, 0) is 0 Å². The van der Waals surface area contributed by atoms with Crippen molar-refractivity contribution < 1.29 is 0 Å². The maximum atomic E-state index is 9.37. The number of benzene rings is 2. The Hall–Kier alpha value is -2.27. The first-order chi connectivity index (χ1) is 9.63. The molecule has 20 heavy (non-hydrogen) atoms. The van der Waals surface area contributed by atoms with Crippen molar-refractivity contribution >= 4 is 38.1 Å². The second-order valence-electron chi connectivity index (χ2n) is 4.59. The molecule has 0 aliphatic rings. The molecule has 0 atom stereocenters. The molecule has 1 heterocycles. The summed E-state index contributed by atoms with van der Waals surface area (Å²) in [6.45, 7) is 3.92. The van der Waals surface area contributed by atoms with Gasteiger partial charge in [-0.2, -0.15) is 5.73 Å². The highest BCUT2D eigenvalue weighted by molar-refractivity contribution is 7.21. The van der Waals surface area contributed by atoms with Gasteiger partial charge in [0.15, 0.2) is 0 Å². The van der Waals surface area contributed by atoms with Crippen LogP contribution in [0, 0.1) is 13.8 Å². The number of para-hydroxylation sites is 1. The second-order valence-corrected chi connectivity index (χ2v) is 5.60. The van der Waals surface area contributed by atoms with Crippen molar-refractivity contribution in [1.29, 1.82) is 0 Å². The molecule has 0 bridgehead atoms. The van der Waals surface area contributed by atoms with Gasteiger partial charge in [0.25, 0.3) is 0 Å². The summed E-state index contributed by atoms with van der Waals surface area (Å²) in [5.74, 6) is 0. The van der Waals surface area contributed by atoms with Crippen molar-refractivity contribution in [2.45, 2.75) is 13.8 Å². The largest absolute Gasteiger partial charge is 0.231 e. The maximum Gasteiger partial charge on any atom is 0.231 e. The topological polar surface area (TPSA) is 59.9 Å². The van der Waals surface area contributed by atoms with Crippen LogP contribution in [0.25, 0.3) is 10.2 Å². The number of hydrogen-bond donors (Lipinski definition) is 0. The van der Waals surface area contributed by atoms with Crippen molar-refractivity contribution in [3.63, 3.8) is 0 Å². The summed E-state index contributed by atoms with van der Waals surface area (Å²) in [5.41, 5.74) is 13.3. The Kier molecular flexibility index (Phi) is 3.20. The molecule has 0 aliphatic heterocycles. The quantitative estimate of drug-likeness (QED) is 0.607. The highest BCUT2D eigenvalue weighted by Gasteiger charge is 2.05. The Morgan fingerprint density at radius 1 is 1.05 bits per heavy atom. The first-order valence-electron chi connectivity index (χ1n) is 6.21. The molecular weight excluding hydrogens is 268 g/mol. The summed E-state index contributed by atoms with van der Waals surface area (Å²) in [5, 5.41) is 9.04. The van der Waals surface area contributed by atoms with E-state index in [1.807, 2.05) is 32.0 Å². The van der Waals surface area contributed by atoms with Crippen LogP contribution in [0.1, 0.15) is 11.1 Å². The number of aryl methyl sites for hydroxylation is 2. The fourth-order valence-corrected chi connectivity index (χ4v) is 2.83. The average molecular weight is 280 g/mol. The minimum absolute atomic E-state index is 0.233. The highest BCUT2D eigenvalue weighted by atomic mass is 32.1. The predicted molar refractivity (Wildman–Crippen MR) is 81.5 cm³/mol. The van der Waals surface area contributed by atoms with Gasteiger partial charge in [-0.1, -0.05) is 23.5 Å². The third-order valence-electron chi connectivity index (χ3n) is 3.03. The van der Waals surface area contributed by atoms with Crippen LogP contribution in [0.15, 0.2) is 46.6 Å². The zero-order valence-electron chi connectivity index (χ0n) is 11.2. The fraction of sp³-hybridized carbons (Fsp3) is 0.133. The standard InChI is InChI=1S/C15H12N4S/c1-9-4-3-5-13-14(9)17-15(20-13)19-18-12-7-6-11(16)8-10(12)2/h3-8H,1-2H3. The normalized spacial score (nSPS) is 11.5. The first-order valence-corrected chi connectivity index (χ1v) is 7.02. The Labute approximate surface area is 121 Å². The molecule has 3 rings (SSSR count). The van der Waals surface area contributed by atoms with Gasteiger partial charge in [0.1, 0.15) is 0 Å². The second kappa shape index (κ2) is 5.02. The SMILES string of the molecule is Cc1cc([N])ccc1N=Nc1nc2c(C)cccc2s1. The Morgan fingerprint density at radius 2 is 1.90 bits per heavy atom. The molecular formula is C15H12N4S. The Morgan fingerprint density at radius 3 is 2.65 bits per heavy atom. The van der Waals surface area contributed by atoms with Crippen LogP contribution in [-0.4, -0.2) is 4.98 Å². The van der Waals surface area contributed by atoms with Crippen molar-refractivity contribution in [3.05, 3.63) is 47.5 Å². The summed E-state index contributed by atoms with van der Waals surface area (Å²) in [7, 11) is 0. The van der Waals surface area contributed by atoms with Crippen molar-refractivity contribution in [2.24, 2.45) is 10.2 Å². The minimum Gasteiger partial charge on any atom is -0.217 e. The lowest BCUT2D eigenvalue weighted by atomic mass is 10.2. The molecule has 0 aliphatic carbocycles. The van der Waals surface area contributed by atoms with Crippen LogP contribution in [0.4, 0.5) is 16.5 Å². The molecule has 4 nitrogen and oxygen atoms in total. The van der Waals surface area contributed by atoms with Crippen LogP contribution < -0.4 is 5.73 Å². The first kappa shape index (κ1) is 12.7. The van der Waals surface area contributed by atoms with Gasteiger partial charge < -0.3 is 0 Å². The fourth-order valence-electron chi connectivity index (χ4n) is 1.97. The van der Waals surface area contributed by atoms with E-state index in [4.69, 9.17) is 0 Å². The summed E-state index contributed by atoms with van der Waals surface area (Å²) in [6.07, 6.45) is 0. The average Bonchev–Trinajstić information content (AvgIpc) is 2.82. The highest BCUT2D eigenvalue weighted by Crippen LogP contribution is 2.31. The summed E-state index contributed by atoms with van der Waals surface area (Å²) >= 11 is 1.52. The van der Waals surface area contributed by atoms with E-state index in [2.05, 4.69) is 15.2 Å². The number of nitrogens with zero attached hydrogens (tertiary/aromatic N) is 4. The molecule has 5 heteroatoms. The van der Waals surface area contributed by atoms with E-state index in [1.54, 1.807) is 18.2 Å². The summed E-state index contributed by atoms with van der Waals surface area (Å²) in [6, 6.07) is 11.1. The Bertz CT molecular complexity index is 805. The molecule has 98 valence electrons. The molecule has 0 unspecified atom stereocenters. The zero-order chi connectivity index (χ0) is 14.1. The molecule has 0 saturated carbocycles. The lowest BCUT2D eigenvalue weighted by Crippen LogP contribution is -1.75. The van der Waals surface area contributed by atoms with Gasteiger partial charge in [-0.3, -0.25) is 0 Å². The van der Waals surface area contributed by atoms with E-state index in [1.165, 1.54) is 11.3 Å². The van der Waals surface area contributed by atoms with Crippen molar-refractivity contribution in [3.8, 4) is 0 Å². The van der Waals surface area contributed by atoms with Crippen molar-refractivity contribution in [2.75, 3.05) is 0 Å². The van der Waals surface area contributed by atoms with E-state index < -0.39 is 0 Å². The lowest BCUT2D eigenvalue weighted by Gasteiger charge is -1.97. The van der Waals surface area contributed by atoms with Gasteiger partial charge >= 0.3 is 0 Å².